The van der Waals surface area contributed by atoms with E-state index in [1.807, 2.05) is 13.8 Å². The minimum absolute atomic E-state index is 0.00521. The van der Waals surface area contributed by atoms with Crippen molar-refractivity contribution in [2.45, 2.75) is 26.4 Å². The van der Waals surface area contributed by atoms with Crippen LogP contribution in [0.1, 0.15) is 13.8 Å². The van der Waals surface area contributed by atoms with Crippen LogP contribution in [0.25, 0.3) is 11.0 Å². The smallest absolute Gasteiger partial charge is 0.204 e. The molecule has 0 aliphatic carbocycles. The van der Waals surface area contributed by atoms with E-state index < -0.39 is 0 Å². The average Bonchev–Trinajstić information content (AvgIpc) is 2.57. The Bertz CT molecular complexity index is 522. The summed E-state index contributed by atoms with van der Waals surface area (Å²) in [7, 11) is 0. The Balaban J connectivity index is 2.54. The summed E-state index contributed by atoms with van der Waals surface area (Å²) in [6.07, 6.45) is 0. The van der Waals surface area contributed by atoms with Crippen LogP contribution >= 0.6 is 0 Å². The van der Waals surface area contributed by atoms with Crippen molar-refractivity contribution in [3.63, 3.8) is 0 Å². The molecule has 17 heavy (non-hydrogen) atoms. The third-order valence-electron chi connectivity index (χ3n) is 2.45. The van der Waals surface area contributed by atoms with Crippen LogP contribution in [-0.2, 0) is 6.54 Å². The largest absolute Gasteiger partial charge is 0.395 e. The number of rotatable bonds is 4. The SMILES string of the molecule is CC(C)Nc1nc2ccc(F)cc2n1CCO. The number of aliphatic hydroxyl groups excluding tert-OH is 1. The van der Waals surface area contributed by atoms with Crippen LogP contribution in [0.5, 0.6) is 0 Å². The molecule has 4 nitrogen and oxygen atoms in total. The van der Waals surface area contributed by atoms with Crippen molar-refractivity contribution >= 4 is 17.0 Å². The molecule has 0 spiro atoms. The number of anilines is 1. The molecule has 92 valence electrons. The molecule has 0 atom stereocenters. The Morgan fingerprint density at radius 2 is 2.24 bits per heavy atom. The molecule has 0 aliphatic rings. The Morgan fingerprint density at radius 3 is 2.88 bits per heavy atom. The van der Waals surface area contributed by atoms with E-state index in [0.717, 1.165) is 5.52 Å². The zero-order valence-electron chi connectivity index (χ0n) is 9.94. The van der Waals surface area contributed by atoms with Crippen molar-refractivity contribution in [3.8, 4) is 0 Å². The van der Waals surface area contributed by atoms with Crippen molar-refractivity contribution < 1.29 is 9.50 Å². The lowest BCUT2D eigenvalue weighted by Gasteiger charge is -2.11. The fourth-order valence-electron chi connectivity index (χ4n) is 1.79. The topological polar surface area (TPSA) is 50.1 Å². The number of aromatic nitrogens is 2. The Hall–Kier alpha value is -1.62. The van der Waals surface area contributed by atoms with E-state index in [0.29, 0.717) is 18.0 Å². The molecule has 2 N–H and O–H groups in total. The van der Waals surface area contributed by atoms with Crippen molar-refractivity contribution in [1.82, 2.24) is 9.55 Å². The van der Waals surface area contributed by atoms with E-state index in [4.69, 9.17) is 5.11 Å². The quantitative estimate of drug-likeness (QED) is 0.855. The van der Waals surface area contributed by atoms with Gasteiger partial charge in [0.25, 0.3) is 0 Å². The molecular formula is C12H16FN3O. The number of halogens is 1. The molecule has 0 saturated heterocycles. The highest BCUT2D eigenvalue weighted by molar-refractivity contribution is 5.78. The molecular weight excluding hydrogens is 221 g/mol. The van der Waals surface area contributed by atoms with Gasteiger partial charge in [-0.25, -0.2) is 9.37 Å². The van der Waals surface area contributed by atoms with Crippen molar-refractivity contribution in [1.29, 1.82) is 0 Å². The normalized spacial score (nSPS) is 11.4. The first kappa shape index (κ1) is 11.9. The van der Waals surface area contributed by atoms with Gasteiger partial charge in [0.2, 0.25) is 5.95 Å². The third kappa shape index (κ3) is 2.39. The summed E-state index contributed by atoms with van der Waals surface area (Å²) in [5, 5.41) is 12.2. The lowest BCUT2D eigenvalue weighted by atomic mass is 10.3. The number of nitrogens with zero attached hydrogens (tertiary/aromatic N) is 2. The van der Waals surface area contributed by atoms with Gasteiger partial charge in [0, 0.05) is 12.6 Å². The molecule has 1 aromatic heterocycles. The maximum Gasteiger partial charge on any atom is 0.204 e. The molecule has 0 radical (unpaired) electrons. The molecule has 1 aromatic carbocycles. The van der Waals surface area contributed by atoms with Gasteiger partial charge < -0.3 is 15.0 Å². The summed E-state index contributed by atoms with van der Waals surface area (Å²) >= 11 is 0. The molecule has 2 rings (SSSR count). The molecule has 1 heterocycles. The predicted octanol–water partition coefficient (Wildman–Crippen LogP) is 1.99. The van der Waals surface area contributed by atoms with Crippen LogP contribution in [-0.4, -0.2) is 27.3 Å². The molecule has 2 aromatic rings. The van der Waals surface area contributed by atoms with Crippen molar-refractivity contribution in [3.05, 3.63) is 24.0 Å². The van der Waals surface area contributed by atoms with Crippen LogP contribution in [0.3, 0.4) is 0 Å². The summed E-state index contributed by atoms with van der Waals surface area (Å²) in [6.45, 7) is 4.40. The molecule has 0 aliphatic heterocycles. The number of aliphatic hydroxyl groups is 1. The highest BCUT2D eigenvalue weighted by Crippen LogP contribution is 2.21. The molecule has 0 amide bonds. The zero-order chi connectivity index (χ0) is 12.4. The molecule has 0 saturated carbocycles. The van der Waals surface area contributed by atoms with E-state index in [-0.39, 0.29) is 18.5 Å². The molecule has 5 heteroatoms. The first-order valence-electron chi connectivity index (χ1n) is 5.65. The van der Waals surface area contributed by atoms with Gasteiger partial charge in [-0.2, -0.15) is 0 Å². The van der Waals surface area contributed by atoms with Crippen LogP contribution in [0, 0.1) is 5.82 Å². The summed E-state index contributed by atoms with van der Waals surface area (Å²) in [5.41, 5.74) is 1.42. The lowest BCUT2D eigenvalue weighted by molar-refractivity contribution is 0.278. The van der Waals surface area contributed by atoms with E-state index >= 15 is 0 Å². The van der Waals surface area contributed by atoms with E-state index in [1.165, 1.54) is 12.1 Å². The number of hydrogen-bond acceptors (Lipinski definition) is 3. The van der Waals surface area contributed by atoms with Gasteiger partial charge in [-0.3, -0.25) is 0 Å². The fraction of sp³-hybridized carbons (Fsp3) is 0.417. The van der Waals surface area contributed by atoms with Gasteiger partial charge in [-0.15, -0.1) is 0 Å². The minimum atomic E-state index is -0.298. The van der Waals surface area contributed by atoms with Gasteiger partial charge in [-0.05, 0) is 32.0 Å². The van der Waals surface area contributed by atoms with E-state index in [2.05, 4.69) is 10.3 Å². The summed E-state index contributed by atoms with van der Waals surface area (Å²) in [4.78, 5) is 4.39. The van der Waals surface area contributed by atoms with Crippen molar-refractivity contribution in [2.24, 2.45) is 0 Å². The lowest BCUT2D eigenvalue weighted by Crippen LogP contribution is -2.15. The predicted molar refractivity (Wildman–Crippen MR) is 65.5 cm³/mol. The second kappa shape index (κ2) is 4.71. The van der Waals surface area contributed by atoms with Crippen LogP contribution in [0.2, 0.25) is 0 Å². The highest BCUT2D eigenvalue weighted by Gasteiger charge is 2.11. The number of benzene rings is 1. The van der Waals surface area contributed by atoms with Gasteiger partial charge in [-0.1, -0.05) is 0 Å². The molecule has 0 bridgehead atoms. The second-order valence-corrected chi connectivity index (χ2v) is 4.24. The minimum Gasteiger partial charge on any atom is -0.395 e. The van der Waals surface area contributed by atoms with Crippen molar-refractivity contribution in [2.75, 3.05) is 11.9 Å². The zero-order valence-corrected chi connectivity index (χ0v) is 9.94. The first-order chi connectivity index (χ1) is 8.11. The van der Waals surface area contributed by atoms with Crippen LogP contribution in [0.15, 0.2) is 18.2 Å². The van der Waals surface area contributed by atoms with Gasteiger partial charge >= 0.3 is 0 Å². The summed E-state index contributed by atoms with van der Waals surface area (Å²) in [5.74, 6) is 0.363. The summed E-state index contributed by atoms with van der Waals surface area (Å²) in [6, 6.07) is 4.69. The number of fused-ring (bicyclic) bond motifs is 1. The number of hydrogen-bond donors (Lipinski definition) is 2. The summed E-state index contributed by atoms with van der Waals surface area (Å²) < 4.78 is 15.0. The highest BCUT2D eigenvalue weighted by atomic mass is 19.1. The maximum atomic E-state index is 13.2. The van der Waals surface area contributed by atoms with Gasteiger partial charge in [0.1, 0.15) is 5.82 Å². The van der Waals surface area contributed by atoms with Gasteiger partial charge in [0.05, 0.1) is 17.6 Å². The fourth-order valence-corrected chi connectivity index (χ4v) is 1.79. The Labute approximate surface area is 99.1 Å². The maximum absolute atomic E-state index is 13.2. The Morgan fingerprint density at radius 1 is 1.47 bits per heavy atom. The van der Waals surface area contributed by atoms with E-state index in [1.54, 1.807) is 10.6 Å². The average molecular weight is 237 g/mol. The number of imidazole rings is 1. The second-order valence-electron chi connectivity index (χ2n) is 4.24. The van der Waals surface area contributed by atoms with Crippen LogP contribution in [0.4, 0.5) is 10.3 Å². The van der Waals surface area contributed by atoms with Gasteiger partial charge in [0.15, 0.2) is 0 Å². The monoisotopic (exact) mass is 237 g/mol. The van der Waals surface area contributed by atoms with E-state index in [9.17, 15) is 4.39 Å². The molecule has 0 unspecified atom stereocenters. The third-order valence-corrected chi connectivity index (χ3v) is 2.45. The standard InChI is InChI=1S/C12H16FN3O/c1-8(2)14-12-15-10-4-3-9(13)7-11(10)16(12)5-6-17/h3-4,7-8,17H,5-6H2,1-2H3,(H,14,15). The van der Waals surface area contributed by atoms with Crippen LogP contribution < -0.4 is 5.32 Å². The first-order valence-corrected chi connectivity index (χ1v) is 5.65. The Kier molecular flexibility index (Phi) is 3.28. The molecule has 0 fully saturated rings. The number of nitrogens with one attached hydrogen (secondary N) is 1.